The molecule has 516 valence electrons. The molecule has 0 saturated heterocycles. The van der Waals surface area contributed by atoms with E-state index in [9.17, 15) is 10.2 Å². The van der Waals surface area contributed by atoms with Gasteiger partial charge in [-0.15, -0.1) is 0 Å². The number of fused-ring (bicyclic) bond motifs is 6. The van der Waals surface area contributed by atoms with E-state index in [1.54, 1.807) is 0 Å². The number of halogens is 2. The highest BCUT2D eigenvalue weighted by molar-refractivity contribution is 6.11. The van der Waals surface area contributed by atoms with Crippen molar-refractivity contribution in [2.75, 3.05) is 0 Å². The summed E-state index contributed by atoms with van der Waals surface area (Å²) in [6.45, 7) is 57.2. The van der Waals surface area contributed by atoms with Crippen LogP contribution in [-0.4, -0.2) is 31.6 Å². The summed E-state index contributed by atoms with van der Waals surface area (Å²) in [4.78, 5) is 0. The third-order valence-electron chi connectivity index (χ3n) is 20.4. The second-order valence-electron chi connectivity index (χ2n) is 36.5. The van der Waals surface area contributed by atoms with Gasteiger partial charge in [0.1, 0.15) is 29.6 Å². The Balaban J connectivity index is 1.13. The average molecular weight is 1310 g/mol. The third-order valence-corrected chi connectivity index (χ3v) is 20.4. The number of hydrogen-bond acceptors (Lipinski definition) is 2. The largest absolute Gasteiger partial charge is 0.709 e. The number of hydrogen-bond donors (Lipinski definition) is 2. The first-order valence-corrected chi connectivity index (χ1v) is 35.1. The van der Waals surface area contributed by atoms with Gasteiger partial charge in [-0.1, -0.05) is 201 Å². The van der Waals surface area contributed by atoms with Crippen molar-refractivity contribution in [1.82, 2.24) is 9.13 Å². The van der Waals surface area contributed by atoms with Gasteiger partial charge >= 0.3 is 0 Å². The average Bonchev–Trinajstić information content (AvgIpc) is 1.65. The first kappa shape index (κ1) is 72.2. The monoisotopic (exact) mass is 1310 g/mol. The minimum absolute atomic E-state index is 0.0243. The van der Waals surface area contributed by atoms with Crippen LogP contribution in [0.25, 0.3) is 77.2 Å². The van der Waals surface area contributed by atoms with Crippen molar-refractivity contribution in [2.24, 2.45) is 10.8 Å². The molecule has 0 saturated carbocycles. The molecule has 2 aromatic heterocycles. The van der Waals surface area contributed by atoms with Crippen LogP contribution in [-0.2, 0) is 41.2 Å². The maximum absolute atomic E-state index is 16.6. The fraction of sp³-hybridized carbons (Fsp3) is 0.438. The minimum atomic E-state index is -0.438. The molecule has 0 amide bonds. The zero-order valence-electron chi connectivity index (χ0n) is 63.6. The van der Waals surface area contributed by atoms with Gasteiger partial charge in [0.05, 0.1) is 44.6 Å². The Morgan fingerprint density at radius 2 is 0.639 bits per heavy atom. The Kier molecular flexibility index (Phi) is 18.4. The fourth-order valence-electron chi connectivity index (χ4n) is 15.7. The molecule has 6 nitrogen and oxygen atoms in total. The lowest BCUT2D eigenvalue weighted by atomic mass is 9.71. The van der Waals surface area contributed by atoms with Crippen LogP contribution >= 0.6 is 0 Å². The van der Waals surface area contributed by atoms with Gasteiger partial charge in [0.25, 0.3) is 0 Å². The van der Waals surface area contributed by atoms with Crippen LogP contribution in [0, 0.1) is 50.5 Å². The number of aromatic hydroxyl groups is 2. The molecular weight excluding hydrogens is 1200 g/mol. The van der Waals surface area contributed by atoms with Crippen molar-refractivity contribution < 1.29 is 27.7 Å². The van der Waals surface area contributed by atoms with E-state index in [1.165, 1.54) is 46.5 Å². The van der Waals surface area contributed by atoms with Gasteiger partial charge in [-0.2, -0.15) is 0 Å². The van der Waals surface area contributed by atoms with Crippen molar-refractivity contribution in [1.29, 1.82) is 0 Å². The number of phenols is 2. The Morgan fingerprint density at radius 1 is 0.371 bits per heavy atom. The quantitative estimate of drug-likeness (QED) is 0.0842. The molecule has 0 unspecified atom stereocenters. The molecule has 2 N–H and O–H groups in total. The summed E-state index contributed by atoms with van der Waals surface area (Å²) in [7, 11) is 9.45. The molecule has 97 heavy (non-hydrogen) atoms. The van der Waals surface area contributed by atoms with E-state index in [4.69, 9.17) is 14.2 Å². The molecule has 8 heteroatoms. The van der Waals surface area contributed by atoms with Gasteiger partial charge in [0, 0.05) is 57.6 Å². The summed E-state index contributed by atoms with van der Waals surface area (Å²) in [6, 6.07) is 41.4. The Bertz CT molecular complexity index is 4260. The molecule has 8 aromatic carbocycles. The molecule has 0 aliphatic carbocycles. The van der Waals surface area contributed by atoms with Crippen LogP contribution in [0.3, 0.4) is 0 Å². The molecule has 0 fully saturated rings. The predicted molar refractivity (Wildman–Crippen MR) is 409 cm³/mol. The number of rotatable bonds is 14. The highest BCUT2D eigenvalue weighted by Gasteiger charge is 2.37. The van der Waals surface area contributed by atoms with Crippen molar-refractivity contribution in [3.8, 4) is 56.6 Å². The van der Waals surface area contributed by atoms with Crippen molar-refractivity contribution in [2.45, 2.75) is 244 Å². The van der Waals surface area contributed by atoms with Crippen LogP contribution in [0.5, 0.6) is 23.0 Å². The third kappa shape index (κ3) is 14.1. The van der Waals surface area contributed by atoms with Crippen molar-refractivity contribution in [3.05, 3.63) is 192 Å². The molecule has 10 aromatic rings. The van der Waals surface area contributed by atoms with Crippen LogP contribution < -0.4 is 0 Å². The van der Waals surface area contributed by atoms with E-state index < -0.39 is 34.7 Å². The van der Waals surface area contributed by atoms with Crippen LogP contribution in [0.15, 0.2) is 121 Å². The van der Waals surface area contributed by atoms with Crippen molar-refractivity contribution >= 4 is 43.6 Å². The summed E-state index contributed by atoms with van der Waals surface area (Å²) in [5.41, 5.74) is 13.4. The zero-order chi connectivity index (χ0) is 71.9. The van der Waals surface area contributed by atoms with Gasteiger partial charge < -0.3 is 28.1 Å². The fourth-order valence-corrected chi connectivity index (χ4v) is 15.7. The van der Waals surface area contributed by atoms with Crippen LogP contribution in [0.4, 0.5) is 8.78 Å². The molecular formula is C89H112F2N2O4. The molecule has 0 bridgehead atoms. The summed E-state index contributed by atoms with van der Waals surface area (Å²) >= 11 is 0. The predicted octanol–water partition coefficient (Wildman–Crippen LogP) is 26.1. The van der Waals surface area contributed by atoms with E-state index in [-0.39, 0.29) is 44.0 Å². The lowest BCUT2D eigenvalue weighted by Gasteiger charge is -2.41. The van der Waals surface area contributed by atoms with Crippen molar-refractivity contribution in [3.63, 3.8) is 0 Å². The summed E-state index contributed by atoms with van der Waals surface area (Å²) in [6.07, 6.45) is 1.28. The van der Waals surface area contributed by atoms with Gasteiger partial charge in [-0.25, -0.2) is 8.78 Å². The standard InChI is InChI=1S/C89H112F2N2O4/c1-52-37-62(90)48-70(68-40-60(88(23,24)50-82(5,6)7)46-76(78(68)94)92-72-42-56(84(11,12)13)29-33-64(72)65-34-30-57(43-73(65)92)85(14,15)16)80(52)96(27)54(3)39-55(4)97(28)81-53(2)38-63(91)49-71(81)69-41-61(89(25,26)51-83(8,9)10)47-77(79(69)95)93-74-44-58(86(17,18)19)31-35-66(74)67-36-32-59(45-75(67)93)87(20,21)22/h29-38,40-49,54-55,94-95H,27-28,39,50-51H2,1-26H3/t54-,55+. The zero-order valence-corrected chi connectivity index (χ0v) is 63.6. The maximum Gasteiger partial charge on any atom is 0.238 e. The second-order valence-corrected chi connectivity index (χ2v) is 36.5. The number of phenolic OH excluding ortho intramolecular Hbond substituents is 2. The molecule has 0 spiro atoms. The summed E-state index contributed by atoms with van der Waals surface area (Å²) in [5, 5.41) is 31.2. The van der Waals surface area contributed by atoms with E-state index in [0.717, 1.165) is 67.6 Å². The lowest BCUT2D eigenvalue weighted by Crippen LogP contribution is -2.26. The van der Waals surface area contributed by atoms with Crippen LogP contribution in [0.2, 0.25) is 0 Å². The highest BCUT2D eigenvalue weighted by atomic mass is 19.1. The lowest BCUT2D eigenvalue weighted by molar-refractivity contribution is -0.0945. The molecule has 0 radical (unpaired) electrons. The molecule has 0 aliphatic heterocycles. The first-order chi connectivity index (χ1) is 44.5. The minimum Gasteiger partial charge on any atom is -0.709 e. The van der Waals surface area contributed by atoms with E-state index in [1.807, 2.05) is 13.8 Å². The van der Waals surface area contributed by atoms with E-state index >= 15 is 8.78 Å². The van der Waals surface area contributed by atoms with Gasteiger partial charge in [-0.3, -0.25) is 0 Å². The Morgan fingerprint density at radius 3 is 0.887 bits per heavy atom. The highest BCUT2D eigenvalue weighted by Crippen LogP contribution is 2.54. The number of benzene rings is 8. The van der Waals surface area contributed by atoms with Gasteiger partial charge in [0.2, 0.25) is 11.5 Å². The molecule has 2 heterocycles. The SMILES string of the molecule is [CH2-][O+](c1c(C)cc(F)cc1-c1cc(C(C)(C)CC(C)(C)C)cc(-n2c3cc(C(C)(C)C)ccc3c3ccc(C(C)(C)C)cc32)c1O)[C@H](C)C[C@H](C)[O+]([CH2-])c1c(C)cc(F)cc1-c1cc(C(C)(C)CC(C)(C)C)cc(-n2c3cc(C(C)(C)C)ccc3c3ccc(C(C)(C)C)cc32)c1O. The Hall–Kier alpha value is -7.58. The van der Waals surface area contributed by atoms with E-state index in [2.05, 4.69) is 281 Å². The Labute approximate surface area is 580 Å². The van der Waals surface area contributed by atoms with Gasteiger partial charge in [0.15, 0.2) is 12.2 Å². The molecule has 2 atom stereocenters. The number of aryl methyl sites for hydroxylation is 2. The topological polar surface area (TPSA) is 55.7 Å². The van der Waals surface area contributed by atoms with Crippen LogP contribution in [0.1, 0.15) is 230 Å². The smallest absolute Gasteiger partial charge is 0.238 e. The maximum atomic E-state index is 16.6. The first-order valence-electron chi connectivity index (χ1n) is 35.1. The second kappa shape index (κ2) is 24.7. The van der Waals surface area contributed by atoms with E-state index in [0.29, 0.717) is 62.7 Å². The molecule has 10 rings (SSSR count). The van der Waals surface area contributed by atoms with Gasteiger partial charge in [-0.05, 0) is 190 Å². The number of nitrogens with zero attached hydrogens (tertiary/aromatic N) is 2. The number of aromatic nitrogens is 2. The summed E-state index contributed by atoms with van der Waals surface area (Å²) < 4.78 is 44.1. The normalized spacial score (nSPS) is 14.0. The summed E-state index contributed by atoms with van der Waals surface area (Å²) in [5.74, 6) is 0.368. The molecule has 0 aliphatic rings.